The van der Waals surface area contributed by atoms with Gasteiger partial charge in [-0.15, -0.1) is 0 Å². The minimum Gasteiger partial charge on any atom is -0.394 e. The molecule has 0 saturated heterocycles. The van der Waals surface area contributed by atoms with Crippen LogP contribution in [0.2, 0.25) is 0 Å². The SMILES string of the molecule is CCc1nsc(SCCCC(N)(CC)CO)n1. The highest BCUT2D eigenvalue weighted by atomic mass is 32.2. The number of hydrogen-bond acceptors (Lipinski definition) is 6. The number of nitrogens with zero attached hydrogens (tertiary/aromatic N) is 2. The van der Waals surface area contributed by atoms with Crippen molar-refractivity contribution < 1.29 is 5.11 Å². The van der Waals surface area contributed by atoms with Crippen molar-refractivity contribution in [3.05, 3.63) is 5.82 Å². The van der Waals surface area contributed by atoms with E-state index in [1.165, 1.54) is 11.5 Å². The Bertz CT molecular complexity index is 326. The monoisotopic (exact) mass is 275 g/mol. The van der Waals surface area contributed by atoms with Crippen LogP contribution in [0, 0.1) is 0 Å². The molecule has 1 rings (SSSR count). The Labute approximate surface area is 111 Å². The summed E-state index contributed by atoms with van der Waals surface area (Å²) < 4.78 is 5.27. The van der Waals surface area contributed by atoms with Crippen LogP contribution < -0.4 is 5.73 Å². The molecule has 3 N–H and O–H groups in total. The Kier molecular flexibility index (Phi) is 6.40. The summed E-state index contributed by atoms with van der Waals surface area (Å²) in [6.07, 6.45) is 3.55. The predicted octanol–water partition coefficient (Wildman–Crippen LogP) is 2.07. The van der Waals surface area contributed by atoms with Crippen molar-refractivity contribution >= 4 is 23.3 Å². The lowest BCUT2D eigenvalue weighted by Gasteiger charge is -2.25. The third-order valence-corrected chi connectivity index (χ3v) is 4.79. The topological polar surface area (TPSA) is 72.0 Å². The van der Waals surface area contributed by atoms with Crippen LogP contribution in [0.3, 0.4) is 0 Å². The maximum Gasteiger partial charge on any atom is 0.170 e. The lowest BCUT2D eigenvalue weighted by Crippen LogP contribution is -2.42. The number of nitrogens with two attached hydrogens (primary N) is 1. The van der Waals surface area contributed by atoms with Gasteiger partial charge in [0.05, 0.1) is 6.61 Å². The molecule has 17 heavy (non-hydrogen) atoms. The van der Waals surface area contributed by atoms with Crippen LogP contribution in [0.1, 0.15) is 38.9 Å². The molecule has 0 aromatic carbocycles. The zero-order chi connectivity index (χ0) is 12.7. The van der Waals surface area contributed by atoms with Gasteiger partial charge in [-0.3, -0.25) is 0 Å². The molecular weight excluding hydrogens is 254 g/mol. The average molecular weight is 275 g/mol. The van der Waals surface area contributed by atoms with Gasteiger partial charge in [0, 0.05) is 17.7 Å². The first-order valence-electron chi connectivity index (χ1n) is 5.98. The highest BCUT2D eigenvalue weighted by molar-refractivity contribution is 8.00. The summed E-state index contributed by atoms with van der Waals surface area (Å²) in [7, 11) is 0. The Balaban J connectivity index is 2.24. The van der Waals surface area contributed by atoms with Crippen molar-refractivity contribution in [2.75, 3.05) is 12.4 Å². The summed E-state index contributed by atoms with van der Waals surface area (Å²) in [6.45, 7) is 4.14. The fourth-order valence-electron chi connectivity index (χ4n) is 1.39. The lowest BCUT2D eigenvalue weighted by molar-refractivity contribution is 0.182. The number of hydrogen-bond donors (Lipinski definition) is 2. The lowest BCUT2D eigenvalue weighted by atomic mass is 9.93. The van der Waals surface area contributed by atoms with Gasteiger partial charge in [0.25, 0.3) is 0 Å². The third kappa shape index (κ3) is 4.91. The van der Waals surface area contributed by atoms with Gasteiger partial charge in [0.1, 0.15) is 5.82 Å². The largest absolute Gasteiger partial charge is 0.394 e. The second kappa shape index (κ2) is 7.31. The molecule has 6 heteroatoms. The van der Waals surface area contributed by atoms with Crippen LogP contribution in [0.5, 0.6) is 0 Å². The first-order chi connectivity index (χ1) is 8.13. The van der Waals surface area contributed by atoms with Crippen molar-refractivity contribution in [3.8, 4) is 0 Å². The molecule has 98 valence electrons. The van der Waals surface area contributed by atoms with Gasteiger partial charge in [-0.25, -0.2) is 4.98 Å². The molecule has 0 radical (unpaired) electrons. The Morgan fingerprint density at radius 1 is 1.47 bits per heavy atom. The van der Waals surface area contributed by atoms with E-state index in [4.69, 9.17) is 5.73 Å². The van der Waals surface area contributed by atoms with E-state index < -0.39 is 5.54 Å². The molecule has 1 aromatic heterocycles. The third-order valence-electron chi connectivity index (χ3n) is 2.83. The van der Waals surface area contributed by atoms with Crippen molar-refractivity contribution in [2.24, 2.45) is 5.73 Å². The molecule has 0 aliphatic carbocycles. The number of rotatable bonds is 8. The van der Waals surface area contributed by atoms with E-state index in [1.54, 1.807) is 11.8 Å². The molecule has 1 unspecified atom stereocenters. The van der Waals surface area contributed by atoms with Gasteiger partial charge in [-0.1, -0.05) is 25.6 Å². The number of aryl methyl sites for hydroxylation is 1. The van der Waals surface area contributed by atoms with E-state index >= 15 is 0 Å². The molecule has 1 aromatic rings. The van der Waals surface area contributed by atoms with Gasteiger partial charge in [-0.05, 0) is 30.8 Å². The summed E-state index contributed by atoms with van der Waals surface area (Å²) in [6, 6.07) is 0. The van der Waals surface area contributed by atoms with Crippen molar-refractivity contribution in [1.82, 2.24) is 9.36 Å². The van der Waals surface area contributed by atoms with Crippen LogP contribution in [0.25, 0.3) is 0 Å². The average Bonchev–Trinajstić information content (AvgIpc) is 2.82. The van der Waals surface area contributed by atoms with Crippen molar-refractivity contribution in [1.29, 1.82) is 0 Å². The van der Waals surface area contributed by atoms with Gasteiger partial charge in [0.15, 0.2) is 4.34 Å². The minimum atomic E-state index is -0.406. The number of aliphatic hydroxyl groups is 1. The van der Waals surface area contributed by atoms with Crippen LogP contribution in [0.15, 0.2) is 4.34 Å². The van der Waals surface area contributed by atoms with Crippen LogP contribution >= 0.6 is 23.3 Å². The fraction of sp³-hybridized carbons (Fsp3) is 0.818. The molecule has 0 aliphatic rings. The van der Waals surface area contributed by atoms with Crippen LogP contribution in [-0.2, 0) is 6.42 Å². The van der Waals surface area contributed by atoms with E-state index in [-0.39, 0.29) is 6.61 Å². The summed E-state index contributed by atoms with van der Waals surface area (Å²) in [5.41, 5.74) is 5.61. The minimum absolute atomic E-state index is 0.0625. The summed E-state index contributed by atoms with van der Waals surface area (Å²) in [5.74, 6) is 1.91. The Morgan fingerprint density at radius 2 is 2.24 bits per heavy atom. The van der Waals surface area contributed by atoms with E-state index in [0.717, 1.165) is 41.6 Å². The van der Waals surface area contributed by atoms with Gasteiger partial charge >= 0.3 is 0 Å². The molecule has 1 heterocycles. The standard InChI is InChI=1S/C11H21N3OS2/c1-3-9-13-10(17-14-9)16-7-5-6-11(12,4-2)8-15/h15H,3-8,12H2,1-2H3. The normalized spacial score (nSPS) is 14.8. The molecule has 0 amide bonds. The smallest absolute Gasteiger partial charge is 0.170 e. The zero-order valence-electron chi connectivity index (χ0n) is 10.5. The second-order valence-corrected chi connectivity index (χ2v) is 6.25. The summed E-state index contributed by atoms with van der Waals surface area (Å²) in [5, 5.41) is 9.18. The molecule has 0 fully saturated rings. The quantitative estimate of drug-likeness (QED) is 0.561. The summed E-state index contributed by atoms with van der Waals surface area (Å²) in [4.78, 5) is 4.39. The number of thioether (sulfide) groups is 1. The Hall–Kier alpha value is -0.170. The predicted molar refractivity (Wildman–Crippen MR) is 73.5 cm³/mol. The van der Waals surface area contributed by atoms with E-state index in [1.807, 2.05) is 6.92 Å². The maximum atomic E-state index is 9.18. The van der Waals surface area contributed by atoms with E-state index in [0.29, 0.717) is 0 Å². The van der Waals surface area contributed by atoms with E-state index in [2.05, 4.69) is 16.3 Å². The highest BCUT2D eigenvalue weighted by Gasteiger charge is 2.20. The van der Waals surface area contributed by atoms with Crippen molar-refractivity contribution in [2.45, 2.75) is 49.4 Å². The van der Waals surface area contributed by atoms with Gasteiger partial charge < -0.3 is 10.8 Å². The molecule has 0 bridgehead atoms. The zero-order valence-corrected chi connectivity index (χ0v) is 12.1. The highest BCUT2D eigenvalue weighted by Crippen LogP contribution is 2.23. The van der Waals surface area contributed by atoms with Crippen LogP contribution in [0.4, 0.5) is 0 Å². The molecule has 0 aliphatic heterocycles. The first-order valence-corrected chi connectivity index (χ1v) is 7.74. The molecular formula is C11H21N3OS2. The molecule has 0 saturated carbocycles. The second-order valence-electron chi connectivity index (χ2n) is 4.16. The first kappa shape index (κ1) is 14.9. The Morgan fingerprint density at radius 3 is 2.76 bits per heavy atom. The van der Waals surface area contributed by atoms with E-state index in [9.17, 15) is 5.11 Å². The summed E-state index contributed by atoms with van der Waals surface area (Å²) >= 11 is 3.19. The van der Waals surface area contributed by atoms with Crippen molar-refractivity contribution in [3.63, 3.8) is 0 Å². The molecule has 1 atom stereocenters. The fourth-order valence-corrected chi connectivity index (χ4v) is 3.10. The molecule has 4 nitrogen and oxygen atoms in total. The van der Waals surface area contributed by atoms with Gasteiger partial charge in [-0.2, -0.15) is 4.37 Å². The maximum absolute atomic E-state index is 9.18. The number of aliphatic hydroxyl groups excluding tert-OH is 1. The van der Waals surface area contributed by atoms with Crippen LogP contribution in [-0.4, -0.2) is 32.4 Å². The number of aromatic nitrogens is 2. The molecule has 0 spiro atoms. The van der Waals surface area contributed by atoms with Gasteiger partial charge in [0.2, 0.25) is 0 Å².